The summed E-state index contributed by atoms with van der Waals surface area (Å²) in [6.07, 6.45) is 6.69. The molecule has 3 aliphatic carbocycles. The molecule has 0 atom stereocenters. The first-order valence-corrected chi connectivity index (χ1v) is 18.9. The van der Waals surface area contributed by atoms with Crippen molar-refractivity contribution in [2.24, 2.45) is 22.9 Å². The van der Waals surface area contributed by atoms with Gasteiger partial charge in [-0.25, -0.2) is 13.1 Å². The molecule has 0 heterocycles. The summed E-state index contributed by atoms with van der Waals surface area (Å²) in [6.45, 7) is 26.5. The predicted molar refractivity (Wildman–Crippen MR) is 207 cm³/mol. The van der Waals surface area contributed by atoms with E-state index in [9.17, 15) is 13.2 Å². The van der Waals surface area contributed by atoms with Gasteiger partial charge in [0.15, 0.2) is 0 Å². The van der Waals surface area contributed by atoms with Crippen LogP contribution in [0.5, 0.6) is 0 Å². The Morgan fingerprint density at radius 2 is 1.17 bits per heavy atom. The zero-order chi connectivity index (χ0) is 35.7. The standard InChI is InChI=1S/C16H15NO.C9H17NO.C6H13NO2S.C6H14.C2H4.CH4/c1-11(2)18-17-16-14-9-5-3-7-12(14)13-8-4-6-10-15(13)16;1-7(2)9(11)10-8-5-3-4-6-8;1-5(2)7-10(8,9)6-3-4-6;1-5(2)6(3)4;1-2;/h3-11H,1-2H3;7-8H,3-6H2,1-2H3,(H,10,11);5-7H,3-4H2,1-2H3;5-6H,1-4H3;1-2H2;1H4. The van der Waals surface area contributed by atoms with Crippen LogP contribution in [0.1, 0.15) is 126 Å². The highest BCUT2D eigenvalue weighted by Crippen LogP contribution is 2.36. The van der Waals surface area contributed by atoms with Crippen molar-refractivity contribution in [3.63, 3.8) is 0 Å². The van der Waals surface area contributed by atoms with E-state index in [1.54, 1.807) is 0 Å². The number of hydrogen-bond donors (Lipinski definition) is 2. The van der Waals surface area contributed by atoms with Gasteiger partial charge in [-0.3, -0.25) is 4.79 Å². The maximum absolute atomic E-state index is 11.2. The Morgan fingerprint density at radius 3 is 1.50 bits per heavy atom. The number of benzene rings is 2. The zero-order valence-corrected chi connectivity index (χ0v) is 31.6. The van der Waals surface area contributed by atoms with E-state index in [0.29, 0.717) is 6.04 Å². The first-order valence-electron chi connectivity index (χ1n) is 17.4. The highest BCUT2D eigenvalue weighted by molar-refractivity contribution is 7.90. The minimum Gasteiger partial charge on any atom is -0.393 e. The fraction of sp³-hybridized carbons (Fsp3) is 0.600. The molecule has 7 nitrogen and oxygen atoms in total. The summed E-state index contributed by atoms with van der Waals surface area (Å²) >= 11 is 0. The largest absolute Gasteiger partial charge is 0.393 e. The predicted octanol–water partition coefficient (Wildman–Crippen LogP) is 9.76. The summed E-state index contributed by atoms with van der Waals surface area (Å²) in [7, 11) is -2.94. The van der Waals surface area contributed by atoms with Crippen LogP contribution in [0.4, 0.5) is 0 Å². The average molecular weight is 686 g/mol. The molecule has 2 fully saturated rings. The van der Waals surface area contributed by atoms with Crippen LogP contribution in [-0.4, -0.2) is 43.5 Å². The van der Waals surface area contributed by atoms with Crippen LogP contribution in [0.3, 0.4) is 0 Å². The fourth-order valence-electron chi connectivity index (χ4n) is 4.49. The molecule has 2 aromatic carbocycles. The lowest BCUT2D eigenvalue weighted by Gasteiger charge is -2.13. The lowest BCUT2D eigenvalue weighted by molar-refractivity contribution is -0.124. The van der Waals surface area contributed by atoms with Crippen molar-refractivity contribution in [1.29, 1.82) is 0 Å². The molecule has 0 aromatic heterocycles. The lowest BCUT2D eigenvalue weighted by atomic mass is 10.0. The van der Waals surface area contributed by atoms with Gasteiger partial charge in [-0.1, -0.05) is 115 Å². The van der Waals surface area contributed by atoms with Crippen LogP contribution in [0.15, 0.2) is 66.8 Å². The minimum absolute atomic E-state index is 0. The van der Waals surface area contributed by atoms with Crippen LogP contribution >= 0.6 is 0 Å². The molecule has 0 aliphatic heterocycles. The molecule has 8 heteroatoms. The Hall–Kier alpha value is -2.97. The Kier molecular flexibility index (Phi) is 21.2. The lowest BCUT2D eigenvalue weighted by Crippen LogP contribution is -2.35. The number of rotatable bonds is 8. The summed E-state index contributed by atoms with van der Waals surface area (Å²) < 4.78 is 24.7. The Bertz CT molecular complexity index is 1290. The van der Waals surface area contributed by atoms with Crippen LogP contribution < -0.4 is 10.0 Å². The molecule has 2 aromatic rings. The van der Waals surface area contributed by atoms with Crippen LogP contribution in [-0.2, 0) is 19.7 Å². The van der Waals surface area contributed by atoms with Crippen LogP contribution in [0, 0.1) is 17.8 Å². The van der Waals surface area contributed by atoms with Crippen molar-refractivity contribution >= 4 is 21.6 Å². The van der Waals surface area contributed by atoms with E-state index < -0.39 is 10.0 Å². The van der Waals surface area contributed by atoms with Crippen molar-refractivity contribution < 1.29 is 18.0 Å². The number of amides is 1. The summed E-state index contributed by atoms with van der Waals surface area (Å²) in [4.78, 5) is 16.6. The zero-order valence-electron chi connectivity index (χ0n) is 30.8. The number of oxime groups is 1. The molecule has 0 bridgehead atoms. The van der Waals surface area contributed by atoms with Gasteiger partial charge in [0.25, 0.3) is 0 Å². The molecule has 0 saturated heterocycles. The molecule has 0 radical (unpaired) electrons. The molecule has 0 spiro atoms. The van der Waals surface area contributed by atoms with Crippen LogP contribution in [0.2, 0.25) is 0 Å². The van der Waals surface area contributed by atoms with Gasteiger partial charge in [-0.2, -0.15) is 0 Å². The molecule has 2 N–H and O–H groups in total. The van der Waals surface area contributed by atoms with E-state index in [1.165, 1.54) is 36.8 Å². The quantitative estimate of drug-likeness (QED) is 0.182. The molecule has 2 saturated carbocycles. The second kappa shape index (κ2) is 22.6. The van der Waals surface area contributed by atoms with Gasteiger partial charge in [0.1, 0.15) is 11.8 Å². The van der Waals surface area contributed by atoms with Gasteiger partial charge < -0.3 is 10.2 Å². The van der Waals surface area contributed by atoms with Gasteiger partial charge in [0.2, 0.25) is 15.9 Å². The Morgan fingerprint density at radius 1 is 0.750 bits per heavy atom. The fourth-order valence-corrected chi connectivity index (χ4v) is 6.10. The number of carbonyl (C=O) groups excluding carboxylic acids is 1. The molecular formula is C40H67N3O4S. The van der Waals surface area contributed by atoms with Crippen molar-refractivity contribution in [2.45, 2.75) is 139 Å². The molecular weight excluding hydrogens is 619 g/mol. The van der Waals surface area contributed by atoms with E-state index in [1.807, 2.05) is 53.7 Å². The molecule has 0 unspecified atom stereocenters. The molecule has 1 amide bonds. The Balaban J connectivity index is 0.000000643. The third-order valence-electron chi connectivity index (χ3n) is 7.93. The number of nitrogens with zero attached hydrogens (tertiary/aromatic N) is 1. The van der Waals surface area contributed by atoms with Gasteiger partial charge in [0.05, 0.1) is 5.25 Å². The minimum atomic E-state index is -2.94. The van der Waals surface area contributed by atoms with Gasteiger partial charge in [0, 0.05) is 29.1 Å². The van der Waals surface area contributed by atoms with Crippen molar-refractivity contribution in [2.75, 3.05) is 0 Å². The third-order valence-corrected chi connectivity index (χ3v) is 10.1. The van der Waals surface area contributed by atoms with Gasteiger partial charge >= 0.3 is 0 Å². The van der Waals surface area contributed by atoms with Gasteiger partial charge in [-0.15, -0.1) is 13.2 Å². The average Bonchev–Trinajstić information content (AvgIpc) is 3.69. The highest BCUT2D eigenvalue weighted by Gasteiger charge is 2.35. The van der Waals surface area contributed by atoms with Crippen LogP contribution in [0.25, 0.3) is 11.1 Å². The number of nitrogens with one attached hydrogen (secondary N) is 2. The van der Waals surface area contributed by atoms with E-state index in [4.69, 9.17) is 4.84 Å². The maximum atomic E-state index is 11.2. The molecule has 5 rings (SSSR count). The number of sulfonamides is 1. The third kappa shape index (κ3) is 16.0. The van der Waals surface area contributed by atoms with E-state index >= 15 is 0 Å². The number of hydrogen-bond acceptors (Lipinski definition) is 5. The highest BCUT2D eigenvalue weighted by atomic mass is 32.2. The molecule has 48 heavy (non-hydrogen) atoms. The molecule has 272 valence electrons. The van der Waals surface area contributed by atoms with E-state index in [0.717, 1.165) is 41.5 Å². The summed E-state index contributed by atoms with van der Waals surface area (Å²) in [6, 6.07) is 17.2. The second-order valence-corrected chi connectivity index (χ2v) is 15.8. The van der Waals surface area contributed by atoms with Crippen molar-refractivity contribution in [1.82, 2.24) is 10.0 Å². The van der Waals surface area contributed by atoms with E-state index in [2.05, 4.69) is 92.4 Å². The summed E-state index contributed by atoms with van der Waals surface area (Å²) in [5.41, 5.74) is 5.71. The SMILES string of the molecule is C.C=C.CC(C)C(=O)NC1CCCC1.CC(C)C(C)C.CC(C)NS(=O)(=O)C1CC1.CC(C)ON=C1c2ccccc2-c2ccccc21. The monoisotopic (exact) mass is 685 g/mol. The van der Waals surface area contributed by atoms with Crippen molar-refractivity contribution in [3.8, 4) is 11.1 Å². The Labute approximate surface area is 294 Å². The normalized spacial score (nSPS) is 14.6. The number of carbonyl (C=O) groups is 1. The topological polar surface area (TPSA) is 96.9 Å². The van der Waals surface area contributed by atoms with Gasteiger partial charge in [-0.05, 0) is 76.3 Å². The molecule has 3 aliphatic rings. The maximum Gasteiger partial charge on any atom is 0.222 e. The first kappa shape index (κ1) is 45.0. The van der Waals surface area contributed by atoms with E-state index in [-0.39, 0.29) is 36.6 Å². The number of fused-ring (bicyclic) bond motifs is 3. The summed E-state index contributed by atoms with van der Waals surface area (Å²) in [5.74, 6) is 2.04. The van der Waals surface area contributed by atoms with Crippen molar-refractivity contribution in [3.05, 3.63) is 72.8 Å². The smallest absolute Gasteiger partial charge is 0.222 e. The first-order chi connectivity index (χ1) is 22.1. The summed E-state index contributed by atoms with van der Waals surface area (Å²) in [5, 5.41) is 7.27. The second-order valence-electron chi connectivity index (χ2n) is 13.8.